The normalized spacial score (nSPS) is 18.1. The molecule has 1 saturated heterocycles. The van der Waals surface area contributed by atoms with E-state index in [0.717, 1.165) is 30.5 Å². The van der Waals surface area contributed by atoms with Crippen LogP contribution in [0.1, 0.15) is 55.3 Å². The maximum atomic E-state index is 13.2. The molecule has 7 nitrogen and oxygen atoms in total. The molecule has 184 valence electrons. The molecule has 1 atom stereocenters. The van der Waals surface area contributed by atoms with Crippen LogP contribution in [0, 0.1) is 5.92 Å². The fraction of sp³-hybridized carbons (Fsp3) is 0.407. The molecule has 2 aromatic carbocycles. The summed E-state index contributed by atoms with van der Waals surface area (Å²) in [6, 6.07) is 13.5. The second kappa shape index (κ2) is 9.95. The molecule has 0 bridgehead atoms. The highest BCUT2D eigenvalue weighted by Gasteiger charge is 2.33. The van der Waals surface area contributed by atoms with Crippen molar-refractivity contribution in [3.63, 3.8) is 0 Å². The topological polar surface area (TPSA) is 84.3 Å². The van der Waals surface area contributed by atoms with Gasteiger partial charge < -0.3 is 9.88 Å². The Balaban J connectivity index is 1.17. The maximum Gasteiger partial charge on any atom is 0.243 e. The van der Waals surface area contributed by atoms with Crippen molar-refractivity contribution in [3.05, 3.63) is 77.9 Å². The summed E-state index contributed by atoms with van der Waals surface area (Å²) in [7, 11) is -3.54. The van der Waals surface area contributed by atoms with Crippen molar-refractivity contribution >= 4 is 15.9 Å². The lowest BCUT2D eigenvalue weighted by Gasteiger charge is -2.31. The van der Waals surface area contributed by atoms with Crippen molar-refractivity contribution in [2.45, 2.75) is 56.4 Å². The number of nitrogens with one attached hydrogen (secondary N) is 1. The van der Waals surface area contributed by atoms with E-state index in [2.05, 4.69) is 10.3 Å². The summed E-state index contributed by atoms with van der Waals surface area (Å²) in [6.45, 7) is 2.71. The van der Waals surface area contributed by atoms with Gasteiger partial charge in [0.1, 0.15) is 0 Å². The second-order valence-electron chi connectivity index (χ2n) is 9.61. The molecular weight excluding hydrogens is 460 g/mol. The Morgan fingerprint density at radius 2 is 1.74 bits per heavy atom. The summed E-state index contributed by atoms with van der Waals surface area (Å²) in [6.07, 6.45) is 10.7. The predicted molar refractivity (Wildman–Crippen MR) is 135 cm³/mol. The van der Waals surface area contributed by atoms with E-state index >= 15 is 0 Å². The molecule has 1 N–H and O–H groups in total. The number of imidazole rings is 1. The number of amides is 1. The fourth-order valence-electron chi connectivity index (χ4n) is 5.14. The second-order valence-corrected chi connectivity index (χ2v) is 11.5. The molecule has 0 spiro atoms. The van der Waals surface area contributed by atoms with E-state index in [-0.39, 0.29) is 17.9 Å². The number of fused-ring (bicyclic) bond motifs is 1. The van der Waals surface area contributed by atoms with Crippen LogP contribution in [0.3, 0.4) is 0 Å². The lowest BCUT2D eigenvalue weighted by molar-refractivity contribution is -0.126. The van der Waals surface area contributed by atoms with Crippen LogP contribution in [0.5, 0.6) is 0 Å². The van der Waals surface area contributed by atoms with Crippen molar-refractivity contribution < 1.29 is 13.2 Å². The number of carbonyl (C=O) groups is 1. The number of nitrogens with zero attached hydrogens (tertiary/aromatic N) is 3. The number of aryl methyl sites for hydroxylation is 2. The van der Waals surface area contributed by atoms with E-state index in [1.165, 1.54) is 17.5 Å². The molecule has 1 aromatic heterocycles. The van der Waals surface area contributed by atoms with Crippen LogP contribution in [0.2, 0.25) is 0 Å². The molecule has 8 heteroatoms. The zero-order chi connectivity index (χ0) is 24.4. The highest BCUT2D eigenvalue weighted by molar-refractivity contribution is 7.89. The lowest BCUT2D eigenvalue weighted by Crippen LogP contribution is -2.43. The van der Waals surface area contributed by atoms with Crippen molar-refractivity contribution in [1.29, 1.82) is 0 Å². The van der Waals surface area contributed by atoms with Crippen molar-refractivity contribution in [2.24, 2.45) is 5.92 Å². The molecule has 2 heterocycles. The molecule has 2 aliphatic rings. The average Bonchev–Trinajstić information content (AvgIpc) is 3.43. The van der Waals surface area contributed by atoms with Gasteiger partial charge in [0.05, 0.1) is 17.3 Å². The van der Waals surface area contributed by atoms with Crippen LogP contribution in [0.25, 0.3) is 5.69 Å². The van der Waals surface area contributed by atoms with Crippen LogP contribution < -0.4 is 5.32 Å². The number of carbonyl (C=O) groups excluding carboxylic acids is 1. The fourth-order valence-corrected chi connectivity index (χ4v) is 6.66. The van der Waals surface area contributed by atoms with Gasteiger partial charge in [-0.25, -0.2) is 13.4 Å². The third-order valence-electron chi connectivity index (χ3n) is 7.34. The molecule has 0 saturated carbocycles. The number of rotatable bonds is 6. The number of piperidine rings is 1. The Morgan fingerprint density at radius 3 is 2.43 bits per heavy atom. The molecule has 1 aliphatic heterocycles. The van der Waals surface area contributed by atoms with Gasteiger partial charge in [-0.1, -0.05) is 18.2 Å². The molecular formula is C27H32N4O3S. The molecule has 3 aromatic rings. The zero-order valence-electron chi connectivity index (χ0n) is 20.1. The Hall–Kier alpha value is -2.97. The van der Waals surface area contributed by atoms with E-state index in [4.69, 9.17) is 0 Å². The van der Waals surface area contributed by atoms with Gasteiger partial charge in [-0.15, -0.1) is 0 Å². The van der Waals surface area contributed by atoms with Crippen LogP contribution in [-0.2, 0) is 27.7 Å². The van der Waals surface area contributed by atoms with Crippen molar-refractivity contribution in [2.75, 3.05) is 13.1 Å². The van der Waals surface area contributed by atoms with E-state index in [0.29, 0.717) is 30.8 Å². The highest BCUT2D eigenvalue weighted by Crippen LogP contribution is 2.28. The summed E-state index contributed by atoms with van der Waals surface area (Å²) in [5.74, 6) is -0.195. The Labute approximate surface area is 207 Å². The van der Waals surface area contributed by atoms with Gasteiger partial charge in [-0.05, 0) is 86.4 Å². The van der Waals surface area contributed by atoms with Gasteiger partial charge in [-0.2, -0.15) is 4.31 Å². The van der Waals surface area contributed by atoms with Crippen molar-refractivity contribution in [3.8, 4) is 5.69 Å². The third kappa shape index (κ3) is 5.04. The Bertz CT molecular complexity index is 1280. The smallest absolute Gasteiger partial charge is 0.243 e. The minimum Gasteiger partial charge on any atom is -0.349 e. The van der Waals surface area contributed by atoms with Gasteiger partial charge in [0.2, 0.25) is 15.9 Å². The first-order valence-corrected chi connectivity index (χ1v) is 13.9. The molecule has 1 fully saturated rings. The number of benzene rings is 2. The van der Waals surface area contributed by atoms with Crippen LogP contribution in [0.4, 0.5) is 0 Å². The van der Waals surface area contributed by atoms with Crippen molar-refractivity contribution in [1.82, 2.24) is 19.2 Å². The van der Waals surface area contributed by atoms with Gasteiger partial charge >= 0.3 is 0 Å². The molecule has 1 amide bonds. The SMILES string of the molecule is CC(NC(=O)C1CCN(S(=O)(=O)c2ccc3c(c2)CCCC3)CC1)c1ccc(-n2ccnc2)cc1. The Kier molecular flexibility index (Phi) is 6.75. The number of sulfonamides is 1. The summed E-state index contributed by atoms with van der Waals surface area (Å²) >= 11 is 0. The Morgan fingerprint density at radius 1 is 1.03 bits per heavy atom. The predicted octanol–water partition coefficient (Wildman–Crippen LogP) is 4.03. The minimum atomic E-state index is -3.54. The molecule has 1 unspecified atom stereocenters. The first kappa shape index (κ1) is 23.8. The standard InChI is InChI=1S/C27H32N4O3S/c1-20(21-6-9-25(10-7-21)30-17-14-28-19-30)29-27(32)23-12-15-31(16-13-23)35(33,34)26-11-8-22-4-2-3-5-24(22)18-26/h6-11,14,17-20,23H,2-5,12-13,15-16H2,1H3,(H,29,32). The average molecular weight is 493 g/mol. The van der Waals surface area contributed by atoms with Gasteiger partial charge in [0.15, 0.2) is 0 Å². The maximum absolute atomic E-state index is 13.2. The first-order chi connectivity index (χ1) is 16.9. The van der Waals surface area contributed by atoms with Crippen LogP contribution in [0.15, 0.2) is 66.1 Å². The van der Waals surface area contributed by atoms with Crippen LogP contribution >= 0.6 is 0 Å². The van der Waals surface area contributed by atoms with Gasteiger partial charge in [0.25, 0.3) is 0 Å². The first-order valence-electron chi connectivity index (χ1n) is 12.4. The number of hydrogen-bond donors (Lipinski definition) is 1. The molecule has 0 radical (unpaired) electrons. The van der Waals surface area contributed by atoms with Gasteiger partial charge in [-0.3, -0.25) is 4.79 Å². The lowest BCUT2D eigenvalue weighted by atomic mass is 9.92. The van der Waals surface area contributed by atoms with Gasteiger partial charge in [0, 0.05) is 37.1 Å². The number of aromatic nitrogens is 2. The van der Waals surface area contributed by atoms with E-state index in [1.807, 2.05) is 54.1 Å². The minimum absolute atomic E-state index is 0.0120. The highest BCUT2D eigenvalue weighted by atomic mass is 32.2. The zero-order valence-corrected chi connectivity index (χ0v) is 20.9. The summed E-state index contributed by atoms with van der Waals surface area (Å²) < 4.78 is 30.0. The molecule has 1 aliphatic carbocycles. The third-order valence-corrected chi connectivity index (χ3v) is 9.23. The monoisotopic (exact) mass is 492 g/mol. The van der Waals surface area contributed by atoms with Crippen LogP contribution in [-0.4, -0.2) is 41.3 Å². The quantitative estimate of drug-likeness (QED) is 0.563. The summed E-state index contributed by atoms with van der Waals surface area (Å²) in [5.41, 5.74) is 4.47. The summed E-state index contributed by atoms with van der Waals surface area (Å²) in [4.78, 5) is 17.4. The molecule has 5 rings (SSSR count). The van der Waals surface area contributed by atoms with E-state index in [9.17, 15) is 13.2 Å². The largest absolute Gasteiger partial charge is 0.349 e. The number of hydrogen-bond acceptors (Lipinski definition) is 4. The van der Waals surface area contributed by atoms with E-state index < -0.39 is 10.0 Å². The molecule has 35 heavy (non-hydrogen) atoms. The summed E-state index contributed by atoms with van der Waals surface area (Å²) in [5, 5.41) is 3.11. The van der Waals surface area contributed by atoms with E-state index in [1.54, 1.807) is 22.9 Å².